The Morgan fingerprint density at radius 1 is 1.17 bits per heavy atom. The van der Waals surface area contributed by atoms with E-state index < -0.39 is 0 Å². The second kappa shape index (κ2) is 7.44. The van der Waals surface area contributed by atoms with Gasteiger partial charge < -0.3 is 5.32 Å². The third-order valence-corrected chi connectivity index (χ3v) is 6.07. The highest BCUT2D eigenvalue weighted by Crippen LogP contribution is 2.40. The zero-order valence-corrected chi connectivity index (χ0v) is 16.3. The van der Waals surface area contributed by atoms with Crippen molar-refractivity contribution in [3.05, 3.63) is 77.0 Å². The Labute approximate surface area is 171 Å². The van der Waals surface area contributed by atoms with Gasteiger partial charge in [0, 0.05) is 35.8 Å². The van der Waals surface area contributed by atoms with Crippen LogP contribution in [-0.4, -0.2) is 25.5 Å². The number of hydrogen-bond donors (Lipinski definition) is 1. The summed E-state index contributed by atoms with van der Waals surface area (Å²) in [6.07, 6.45) is 5.62. The second-order valence-corrected chi connectivity index (χ2v) is 7.96. The number of carbonyl (C=O) groups excluding carboxylic acids is 1. The van der Waals surface area contributed by atoms with E-state index in [9.17, 15) is 9.18 Å². The molecule has 5 rings (SSSR count). The maximum Gasteiger partial charge on any atom is 0.227 e. The van der Waals surface area contributed by atoms with E-state index in [2.05, 4.69) is 20.4 Å². The number of benzene rings is 1. The zero-order chi connectivity index (χ0) is 19.8. The fourth-order valence-electron chi connectivity index (χ4n) is 3.81. The van der Waals surface area contributed by atoms with Crippen molar-refractivity contribution in [3.8, 4) is 0 Å². The van der Waals surface area contributed by atoms with Crippen LogP contribution in [0.4, 0.5) is 10.3 Å². The Hall–Kier alpha value is -3.00. The molecule has 3 heterocycles. The fraction of sp³-hybridized carbons (Fsp3) is 0.238. The number of aromatic nitrogens is 4. The number of nitrogens with zero attached hydrogens (tertiary/aromatic N) is 4. The van der Waals surface area contributed by atoms with Crippen molar-refractivity contribution >= 4 is 23.5 Å². The first-order valence-corrected chi connectivity index (χ1v) is 10.4. The summed E-state index contributed by atoms with van der Waals surface area (Å²) < 4.78 is 15.7. The summed E-state index contributed by atoms with van der Waals surface area (Å²) in [5.74, 6) is 0.945. The molecule has 0 bridgehead atoms. The lowest BCUT2D eigenvalue weighted by Gasteiger charge is -2.32. The molecule has 2 aliphatic rings. The lowest BCUT2D eigenvalue weighted by molar-refractivity contribution is -0.116. The summed E-state index contributed by atoms with van der Waals surface area (Å²) in [7, 11) is 0. The van der Waals surface area contributed by atoms with Gasteiger partial charge in [0.05, 0.1) is 0 Å². The molecule has 1 atom stereocenters. The molecule has 0 spiro atoms. The van der Waals surface area contributed by atoms with E-state index in [1.54, 1.807) is 29.2 Å². The number of ketones is 1. The quantitative estimate of drug-likeness (QED) is 0.656. The van der Waals surface area contributed by atoms with Gasteiger partial charge in [0.15, 0.2) is 5.78 Å². The molecule has 0 radical (unpaired) electrons. The predicted octanol–water partition coefficient (Wildman–Crippen LogP) is 4.13. The van der Waals surface area contributed by atoms with Crippen LogP contribution in [0.5, 0.6) is 0 Å². The summed E-state index contributed by atoms with van der Waals surface area (Å²) in [5, 5.41) is 8.50. The zero-order valence-electron chi connectivity index (χ0n) is 15.5. The Kier molecular flexibility index (Phi) is 4.63. The van der Waals surface area contributed by atoms with Crippen LogP contribution in [0.2, 0.25) is 0 Å². The van der Waals surface area contributed by atoms with Crippen LogP contribution in [0.25, 0.3) is 0 Å². The van der Waals surface area contributed by atoms with Gasteiger partial charge in [-0.15, -0.1) is 5.10 Å². The van der Waals surface area contributed by atoms with Gasteiger partial charge in [0.1, 0.15) is 11.9 Å². The normalized spacial score (nSPS) is 18.2. The topological polar surface area (TPSA) is 72.7 Å². The van der Waals surface area contributed by atoms with Gasteiger partial charge in [-0.1, -0.05) is 30.0 Å². The number of thioether (sulfide) groups is 1. The molecule has 1 N–H and O–H groups in total. The van der Waals surface area contributed by atoms with Crippen LogP contribution < -0.4 is 5.32 Å². The highest BCUT2D eigenvalue weighted by Gasteiger charge is 2.36. The summed E-state index contributed by atoms with van der Waals surface area (Å²) in [5.41, 5.74) is 3.23. The lowest BCUT2D eigenvalue weighted by Crippen LogP contribution is -2.31. The number of Topliss-reactive ketones (excluding diaryl/α,β-unsaturated/α-hetero) is 1. The van der Waals surface area contributed by atoms with Gasteiger partial charge in [-0.2, -0.15) is 4.98 Å². The van der Waals surface area contributed by atoms with Crippen molar-refractivity contribution in [2.75, 3.05) is 5.32 Å². The Bertz CT molecular complexity index is 1110. The molecule has 0 saturated carbocycles. The number of pyridine rings is 1. The first kappa shape index (κ1) is 18.1. The van der Waals surface area contributed by atoms with Crippen LogP contribution in [-0.2, 0) is 10.5 Å². The summed E-state index contributed by atoms with van der Waals surface area (Å²) in [6, 6.07) is 10.2. The molecule has 0 fully saturated rings. The maximum atomic E-state index is 13.9. The van der Waals surface area contributed by atoms with E-state index in [0.717, 1.165) is 29.7 Å². The number of halogens is 1. The SMILES string of the molecule is O=C1CCCC2=C1C(c1ccncc1)n1nc(SCc3ccccc3F)nc1N2. The molecule has 146 valence electrons. The first-order chi connectivity index (χ1) is 14.2. The van der Waals surface area contributed by atoms with Crippen molar-refractivity contribution < 1.29 is 9.18 Å². The van der Waals surface area contributed by atoms with Crippen LogP contribution in [0.15, 0.2) is 65.2 Å². The van der Waals surface area contributed by atoms with Gasteiger partial charge in [-0.25, -0.2) is 9.07 Å². The molecule has 6 nitrogen and oxygen atoms in total. The second-order valence-electron chi connectivity index (χ2n) is 7.02. The smallest absolute Gasteiger partial charge is 0.227 e. The third-order valence-electron chi connectivity index (χ3n) is 5.19. The van der Waals surface area contributed by atoms with Crippen molar-refractivity contribution in [3.63, 3.8) is 0 Å². The molecule has 3 aromatic rings. The lowest BCUT2D eigenvalue weighted by atomic mass is 9.86. The first-order valence-electron chi connectivity index (χ1n) is 9.46. The number of nitrogens with one attached hydrogen (secondary N) is 1. The molecule has 1 aromatic carbocycles. The third kappa shape index (κ3) is 3.33. The molecular formula is C21H18FN5OS. The number of rotatable bonds is 4. The number of allylic oxidation sites excluding steroid dienone is 2. The van der Waals surface area contributed by atoms with E-state index >= 15 is 0 Å². The molecule has 1 aliphatic heterocycles. The molecule has 29 heavy (non-hydrogen) atoms. The van der Waals surface area contributed by atoms with Crippen molar-refractivity contribution in [2.45, 2.75) is 36.2 Å². The highest BCUT2D eigenvalue weighted by atomic mass is 32.2. The van der Waals surface area contributed by atoms with E-state index in [0.29, 0.717) is 28.8 Å². The molecule has 2 aromatic heterocycles. The van der Waals surface area contributed by atoms with Crippen LogP contribution in [0.1, 0.15) is 36.4 Å². The maximum absolute atomic E-state index is 13.9. The van der Waals surface area contributed by atoms with E-state index in [1.807, 2.05) is 18.2 Å². The van der Waals surface area contributed by atoms with Crippen molar-refractivity contribution in [2.24, 2.45) is 0 Å². The fourth-order valence-corrected chi connectivity index (χ4v) is 4.62. The number of anilines is 1. The van der Waals surface area contributed by atoms with Crippen LogP contribution in [0.3, 0.4) is 0 Å². The van der Waals surface area contributed by atoms with Crippen molar-refractivity contribution in [1.29, 1.82) is 0 Å². The number of hydrogen-bond acceptors (Lipinski definition) is 6. The van der Waals surface area contributed by atoms with Gasteiger partial charge in [0.2, 0.25) is 11.1 Å². The molecule has 0 saturated heterocycles. The average Bonchev–Trinajstić information content (AvgIpc) is 3.15. The summed E-state index contributed by atoms with van der Waals surface area (Å²) in [6.45, 7) is 0. The Morgan fingerprint density at radius 2 is 2.00 bits per heavy atom. The van der Waals surface area contributed by atoms with Gasteiger partial charge >= 0.3 is 0 Å². The standard InChI is InChI=1S/C21H18FN5OS/c22-15-5-2-1-4-14(15)12-29-21-25-20-24-16-6-3-7-17(28)18(16)19(27(20)26-21)13-8-10-23-11-9-13/h1-2,4-5,8-11,19H,3,6-7,12H2,(H,24,25,26). The van der Waals surface area contributed by atoms with Crippen LogP contribution >= 0.6 is 11.8 Å². The van der Waals surface area contributed by atoms with Gasteiger partial charge in [-0.05, 0) is 42.2 Å². The molecule has 1 aliphatic carbocycles. The minimum Gasteiger partial charge on any atom is -0.328 e. The minimum atomic E-state index is -0.327. The van der Waals surface area contributed by atoms with E-state index in [1.165, 1.54) is 17.8 Å². The van der Waals surface area contributed by atoms with E-state index in [-0.39, 0.29) is 17.6 Å². The summed E-state index contributed by atoms with van der Waals surface area (Å²) in [4.78, 5) is 21.5. The Morgan fingerprint density at radius 3 is 2.83 bits per heavy atom. The van der Waals surface area contributed by atoms with Gasteiger partial charge in [-0.3, -0.25) is 9.78 Å². The molecular weight excluding hydrogens is 389 g/mol. The molecule has 8 heteroatoms. The summed E-state index contributed by atoms with van der Waals surface area (Å²) >= 11 is 1.37. The monoisotopic (exact) mass is 407 g/mol. The largest absolute Gasteiger partial charge is 0.328 e. The molecule has 0 amide bonds. The van der Waals surface area contributed by atoms with E-state index in [4.69, 9.17) is 0 Å². The molecule has 1 unspecified atom stereocenters. The van der Waals surface area contributed by atoms with Gasteiger partial charge in [0.25, 0.3) is 0 Å². The van der Waals surface area contributed by atoms with Crippen LogP contribution in [0, 0.1) is 5.82 Å². The minimum absolute atomic E-state index is 0.141. The number of carbonyl (C=O) groups is 1. The average molecular weight is 407 g/mol. The van der Waals surface area contributed by atoms with Crippen molar-refractivity contribution in [1.82, 2.24) is 19.7 Å². The number of fused-ring (bicyclic) bond motifs is 1. The predicted molar refractivity (Wildman–Crippen MR) is 108 cm³/mol. The highest BCUT2D eigenvalue weighted by molar-refractivity contribution is 7.98. The Balaban J connectivity index is 1.50.